The van der Waals surface area contributed by atoms with Gasteiger partial charge in [-0.2, -0.15) is 0 Å². The average molecular weight is 259 g/mol. The number of aromatic nitrogens is 1. The number of urea groups is 1. The van der Waals surface area contributed by atoms with Gasteiger partial charge in [0.1, 0.15) is 0 Å². The number of pyridine rings is 1. The molecule has 2 aromatic rings. The molecule has 0 saturated heterocycles. The largest absolute Gasteiger partial charge is 0.336 e. The van der Waals surface area contributed by atoms with Crippen LogP contribution in [0.4, 0.5) is 10.5 Å². The highest BCUT2D eigenvalue weighted by Crippen LogP contribution is 2.16. The monoisotopic (exact) mass is 259 g/mol. The van der Waals surface area contributed by atoms with Crippen LogP contribution in [0.2, 0.25) is 0 Å². The van der Waals surface area contributed by atoms with Crippen molar-refractivity contribution in [1.29, 1.82) is 0 Å². The molecule has 2 rings (SSSR count). The fourth-order valence-electron chi connectivity index (χ4n) is 1.82. The third kappa shape index (κ3) is 3.13. The number of benzene rings is 1. The minimum atomic E-state index is -0.260. The van der Waals surface area contributed by atoms with Crippen LogP contribution in [0, 0.1) is 6.92 Å². The average Bonchev–Trinajstić information content (AvgIpc) is 2.30. The molecule has 0 aliphatic carbocycles. The summed E-state index contributed by atoms with van der Waals surface area (Å²) in [6, 6.07) is 7.05. The van der Waals surface area contributed by atoms with Crippen LogP contribution >= 0.6 is 0 Å². The molecule has 5 heteroatoms. The van der Waals surface area contributed by atoms with E-state index in [1.54, 1.807) is 19.1 Å². The summed E-state index contributed by atoms with van der Waals surface area (Å²) >= 11 is 0. The third-order valence-corrected chi connectivity index (χ3v) is 2.71. The van der Waals surface area contributed by atoms with E-state index < -0.39 is 0 Å². The van der Waals surface area contributed by atoms with Crippen LogP contribution in [0.3, 0.4) is 0 Å². The Balaban J connectivity index is 2.29. The van der Waals surface area contributed by atoms with Gasteiger partial charge in [-0.05, 0) is 44.4 Å². The van der Waals surface area contributed by atoms with Crippen LogP contribution in [-0.4, -0.2) is 17.1 Å². The van der Waals surface area contributed by atoms with Gasteiger partial charge in [-0.25, -0.2) is 4.79 Å². The van der Waals surface area contributed by atoms with Gasteiger partial charge in [-0.3, -0.25) is 4.79 Å². The lowest BCUT2D eigenvalue weighted by atomic mass is 10.1. The second-order valence-corrected chi connectivity index (χ2v) is 4.84. The van der Waals surface area contributed by atoms with Gasteiger partial charge in [0, 0.05) is 17.3 Å². The minimum Gasteiger partial charge on any atom is -0.336 e. The first-order valence-electron chi connectivity index (χ1n) is 6.17. The van der Waals surface area contributed by atoms with Crippen molar-refractivity contribution >= 4 is 22.6 Å². The van der Waals surface area contributed by atoms with E-state index in [1.165, 1.54) is 0 Å². The number of H-pyrrole nitrogens is 1. The quantitative estimate of drug-likeness (QED) is 0.774. The number of nitrogens with one attached hydrogen (secondary N) is 3. The topological polar surface area (TPSA) is 74.0 Å². The molecule has 1 heterocycles. The molecule has 19 heavy (non-hydrogen) atoms. The first kappa shape index (κ1) is 13.1. The summed E-state index contributed by atoms with van der Waals surface area (Å²) < 4.78 is 0. The Kier molecular flexibility index (Phi) is 3.55. The summed E-state index contributed by atoms with van der Waals surface area (Å²) in [4.78, 5) is 25.9. The van der Waals surface area contributed by atoms with Crippen molar-refractivity contribution in [2.45, 2.75) is 26.8 Å². The molecule has 0 saturated carbocycles. The lowest BCUT2D eigenvalue weighted by Gasteiger charge is -2.10. The Labute approximate surface area is 111 Å². The molecule has 2 amide bonds. The third-order valence-electron chi connectivity index (χ3n) is 2.71. The smallest absolute Gasteiger partial charge is 0.319 e. The molecule has 0 spiro atoms. The number of hydrogen-bond donors (Lipinski definition) is 3. The van der Waals surface area contributed by atoms with Gasteiger partial charge in [0.05, 0.1) is 5.52 Å². The minimum absolute atomic E-state index is 0.0721. The molecule has 0 atom stereocenters. The number of anilines is 1. The number of aromatic amines is 1. The second-order valence-electron chi connectivity index (χ2n) is 4.84. The number of carbonyl (C=O) groups excluding carboxylic acids is 1. The number of fused-ring (bicyclic) bond motifs is 1. The molecule has 0 aliphatic rings. The molecule has 5 nitrogen and oxygen atoms in total. The van der Waals surface area contributed by atoms with Crippen LogP contribution in [0.5, 0.6) is 0 Å². The van der Waals surface area contributed by atoms with Crippen molar-refractivity contribution in [3.05, 3.63) is 40.2 Å². The molecule has 0 bridgehead atoms. The maximum Gasteiger partial charge on any atom is 0.319 e. The zero-order chi connectivity index (χ0) is 14.0. The van der Waals surface area contributed by atoms with Crippen molar-refractivity contribution in [3.8, 4) is 0 Å². The number of rotatable bonds is 2. The Hall–Kier alpha value is -2.30. The molecule has 0 aliphatic heterocycles. The van der Waals surface area contributed by atoms with Crippen LogP contribution in [0.15, 0.2) is 29.1 Å². The van der Waals surface area contributed by atoms with Crippen molar-refractivity contribution < 1.29 is 4.79 Å². The molecule has 1 aromatic carbocycles. The zero-order valence-corrected chi connectivity index (χ0v) is 11.2. The molecule has 3 N–H and O–H groups in total. The van der Waals surface area contributed by atoms with Crippen molar-refractivity contribution in [2.75, 3.05) is 5.32 Å². The van der Waals surface area contributed by atoms with Gasteiger partial charge in [-0.15, -0.1) is 0 Å². The van der Waals surface area contributed by atoms with Gasteiger partial charge in [0.25, 0.3) is 5.56 Å². The molecular formula is C14H17N3O2. The van der Waals surface area contributed by atoms with E-state index in [9.17, 15) is 9.59 Å². The summed E-state index contributed by atoms with van der Waals surface area (Å²) in [5.74, 6) is 0. The fourth-order valence-corrected chi connectivity index (χ4v) is 1.82. The van der Waals surface area contributed by atoms with Gasteiger partial charge < -0.3 is 15.6 Å². The van der Waals surface area contributed by atoms with Gasteiger partial charge in [0.2, 0.25) is 0 Å². The van der Waals surface area contributed by atoms with E-state index in [4.69, 9.17) is 0 Å². The Morgan fingerprint density at radius 2 is 2.00 bits per heavy atom. The second kappa shape index (κ2) is 5.14. The predicted molar refractivity (Wildman–Crippen MR) is 76.6 cm³/mol. The fraction of sp³-hybridized carbons (Fsp3) is 0.286. The SMILES string of the molecule is Cc1cc2ccc(NC(=O)NC(C)C)cc2[nH]c1=O. The van der Waals surface area contributed by atoms with Crippen molar-refractivity contribution in [1.82, 2.24) is 10.3 Å². The highest BCUT2D eigenvalue weighted by molar-refractivity contribution is 5.92. The molecular weight excluding hydrogens is 242 g/mol. The molecule has 0 fully saturated rings. The van der Waals surface area contributed by atoms with E-state index in [2.05, 4.69) is 15.6 Å². The van der Waals surface area contributed by atoms with Crippen molar-refractivity contribution in [3.63, 3.8) is 0 Å². The lowest BCUT2D eigenvalue weighted by Crippen LogP contribution is -2.34. The summed E-state index contributed by atoms with van der Waals surface area (Å²) in [7, 11) is 0. The standard InChI is InChI=1S/C14H17N3O2/c1-8(2)15-14(19)16-11-5-4-10-6-9(3)13(18)17-12(10)7-11/h4-8H,1-3H3,(H,17,18)(H2,15,16,19). The molecule has 0 unspecified atom stereocenters. The van der Waals surface area contributed by atoms with E-state index in [-0.39, 0.29) is 17.6 Å². The highest BCUT2D eigenvalue weighted by atomic mass is 16.2. The van der Waals surface area contributed by atoms with Gasteiger partial charge >= 0.3 is 6.03 Å². The van der Waals surface area contributed by atoms with Crippen LogP contribution in [-0.2, 0) is 0 Å². The number of aryl methyl sites for hydroxylation is 1. The normalized spacial score (nSPS) is 10.7. The zero-order valence-electron chi connectivity index (χ0n) is 11.2. The lowest BCUT2D eigenvalue weighted by molar-refractivity contribution is 0.250. The van der Waals surface area contributed by atoms with E-state index >= 15 is 0 Å². The Bertz CT molecular complexity index is 674. The number of amides is 2. The van der Waals surface area contributed by atoms with Gasteiger partial charge in [0.15, 0.2) is 0 Å². The predicted octanol–water partition coefficient (Wildman–Crippen LogP) is 2.37. The maximum atomic E-state index is 11.6. The van der Waals surface area contributed by atoms with E-state index in [1.807, 2.05) is 26.0 Å². The maximum absolute atomic E-state index is 11.6. The first-order valence-corrected chi connectivity index (χ1v) is 6.17. The van der Waals surface area contributed by atoms with Crippen LogP contribution in [0.25, 0.3) is 10.9 Å². The highest BCUT2D eigenvalue weighted by Gasteiger charge is 2.05. The first-order chi connectivity index (χ1) is 8.95. The summed E-state index contributed by atoms with van der Waals surface area (Å²) in [6.45, 7) is 5.54. The van der Waals surface area contributed by atoms with Crippen molar-refractivity contribution in [2.24, 2.45) is 0 Å². The van der Waals surface area contributed by atoms with Crippen LogP contribution < -0.4 is 16.2 Å². The summed E-state index contributed by atoms with van der Waals surface area (Å²) in [5.41, 5.74) is 1.91. The Morgan fingerprint density at radius 1 is 1.26 bits per heavy atom. The summed E-state index contributed by atoms with van der Waals surface area (Å²) in [6.07, 6.45) is 0. The molecule has 0 radical (unpaired) electrons. The molecule has 1 aromatic heterocycles. The van der Waals surface area contributed by atoms with Crippen LogP contribution in [0.1, 0.15) is 19.4 Å². The molecule has 100 valence electrons. The number of carbonyl (C=O) groups is 1. The Morgan fingerprint density at radius 3 is 2.68 bits per heavy atom. The van der Waals surface area contributed by atoms with Gasteiger partial charge in [-0.1, -0.05) is 6.07 Å². The number of hydrogen-bond acceptors (Lipinski definition) is 2. The summed E-state index contributed by atoms with van der Waals surface area (Å²) in [5, 5.41) is 6.40. The van der Waals surface area contributed by atoms with E-state index in [0.29, 0.717) is 16.8 Å². The van der Waals surface area contributed by atoms with E-state index in [0.717, 1.165) is 5.39 Å².